The third-order valence-electron chi connectivity index (χ3n) is 3.66. The molecular formula is C17H16N2O2. The zero-order valence-electron chi connectivity index (χ0n) is 11.7. The van der Waals surface area contributed by atoms with Gasteiger partial charge in [0.2, 0.25) is 0 Å². The van der Waals surface area contributed by atoms with Crippen LogP contribution in [0, 0.1) is 6.92 Å². The number of hydrogen-bond acceptors (Lipinski definition) is 2. The van der Waals surface area contributed by atoms with E-state index in [0.717, 1.165) is 22.5 Å². The molecule has 1 atom stereocenters. The van der Waals surface area contributed by atoms with Crippen molar-refractivity contribution in [3.63, 3.8) is 0 Å². The van der Waals surface area contributed by atoms with E-state index in [0.29, 0.717) is 0 Å². The fourth-order valence-corrected chi connectivity index (χ4v) is 2.58. The Morgan fingerprint density at radius 1 is 1.24 bits per heavy atom. The van der Waals surface area contributed by atoms with Crippen molar-refractivity contribution in [3.8, 4) is 0 Å². The van der Waals surface area contributed by atoms with E-state index in [1.165, 1.54) is 0 Å². The molecule has 4 nitrogen and oxygen atoms in total. The molecule has 0 spiro atoms. The molecule has 0 aliphatic rings. The Bertz CT molecular complexity index is 775. The van der Waals surface area contributed by atoms with Crippen molar-refractivity contribution in [2.75, 3.05) is 0 Å². The molecule has 0 unspecified atom stereocenters. The largest absolute Gasteiger partial charge is 0.481 e. The number of pyridine rings is 1. The molecular weight excluding hydrogens is 264 g/mol. The molecule has 2 heterocycles. The summed E-state index contributed by atoms with van der Waals surface area (Å²) in [5, 5.41) is 9.24. The van der Waals surface area contributed by atoms with Gasteiger partial charge in [0.05, 0.1) is 12.1 Å². The Balaban J connectivity index is 2.11. The van der Waals surface area contributed by atoms with E-state index in [1.54, 1.807) is 6.20 Å². The van der Waals surface area contributed by atoms with Crippen LogP contribution in [-0.2, 0) is 4.79 Å². The highest BCUT2D eigenvalue weighted by Crippen LogP contribution is 2.28. The van der Waals surface area contributed by atoms with Crippen LogP contribution in [0.2, 0.25) is 0 Å². The minimum Gasteiger partial charge on any atom is -0.481 e. The highest BCUT2D eigenvalue weighted by Gasteiger charge is 2.21. The summed E-state index contributed by atoms with van der Waals surface area (Å²) in [6, 6.07) is 13.8. The fraction of sp³-hybridized carbons (Fsp3) is 0.176. The number of imidazole rings is 1. The maximum atomic E-state index is 11.3. The standard InChI is InChI=1S/C17H16N2O2/c1-12-5-7-13(8-6-12)14(10-17(20)21)15-11-18-16-4-2-3-9-19(15)16/h2-9,11,14H,10H2,1H3,(H,20,21)/t14-/m1/s1. The molecule has 106 valence electrons. The molecule has 2 aromatic heterocycles. The Morgan fingerprint density at radius 3 is 2.71 bits per heavy atom. The summed E-state index contributed by atoms with van der Waals surface area (Å²) in [4.78, 5) is 15.6. The van der Waals surface area contributed by atoms with Crippen molar-refractivity contribution in [3.05, 3.63) is 71.7 Å². The van der Waals surface area contributed by atoms with E-state index >= 15 is 0 Å². The monoisotopic (exact) mass is 280 g/mol. The van der Waals surface area contributed by atoms with Gasteiger partial charge >= 0.3 is 5.97 Å². The highest BCUT2D eigenvalue weighted by molar-refractivity contribution is 5.69. The van der Waals surface area contributed by atoms with E-state index in [-0.39, 0.29) is 12.3 Å². The van der Waals surface area contributed by atoms with Gasteiger partial charge in [-0.2, -0.15) is 0 Å². The van der Waals surface area contributed by atoms with Gasteiger partial charge in [-0.25, -0.2) is 4.98 Å². The zero-order valence-corrected chi connectivity index (χ0v) is 11.7. The maximum absolute atomic E-state index is 11.3. The lowest BCUT2D eigenvalue weighted by Crippen LogP contribution is -2.10. The van der Waals surface area contributed by atoms with Gasteiger partial charge in [0.25, 0.3) is 0 Å². The zero-order chi connectivity index (χ0) is 14.8. The minimum atomic E-state index is -0.813. The average molecular weight is 280 g/mol. The van der Waals surface area contributed by atoms with Crippen molar-refractivity contribution in [1.82, 2.24) is 9.38 Å². The first-order valence-corrected chi connectivity index (χ1v) is 6.85. The second-order valence-corrected chi connectivity index (χ2v) is 5.17. The molecule has 0 aliphatic carbocycles. The molecule has 0 amide bonds. The summed E-state index contributed by atoms with van der Waals surface area (Å²) >= 11 is 0. The third-order valence-corrected chi connectivity index (χ3v) is 3.66. The molecule has 0 fully saturated rings. The Labute approximate surface area is 122 Å². The number of aliphatic carboxylic acids is 1. The van der Waals surface area contributed by atoms with Crippen molar-refractivity contribution in [2.45, 2.75) is 19.3 Å². The van der Waals surface area contributed by atoms with Gasteiger partial charge < -0.3 is 9.51 Å². The van der Waals surface area contributed by atoms with Crippen LogP contribution in [0.5, 0.6) is 0 Å². The molecule has 1 aromatic carbocycles. The van der Waals surface area contributed by atoms with Gasteiger partial charge in [0.15, 0.2) is 0 Å². The predicted octanol–water partition coefficient (Wildman–Crippen LogP) is 3.25. The van der Waals surface area contributed by atoms with Gasteiger partial charge in [0, 0.05) is 18.3 Å². The van der Waals surface area contributed by atoms with Crippen molar-refractivity contribution in [2.24, 2.45) is 0 Å². The number of carboxylic acids is 1. The predicted molar refractivity (Wildman–Crippen MR) is 80.5 cm³/mol. The summed E-state index contributed by atoms with van der Waals surface area (Å²) < 4.78 is 1.95. The first-order valence-electron chi connectivity index (χ1n) is 6.85. The average Bonchev–Trinajstić information content (AvgIpc) is 2.89. The van der Waals surface area contributed by atoms with Crippen LogP contribution in [0.25, 0.3) is 5.65 Å². The normalized spacial score (nSPS) is 12.4. The number of hydrogen-bond donors (Lipinski definition) is 1. The number of carboxylic acid groups (broad SMARTS) is 1. The van der Waals surface area contributed by atoms with Gasteiger partial charge in [-0.05, 0) is 24.6 Å². The smallest absolute Gasteiger partial charge is 0.304 e. The van der Waals surface area contributed by atoms with E-state index in [1.807, 2.05) is 60.0 Å². The molecule has 1 N–H and O–H groups in total. The summed E-state index contributed by atoms with van der Waals surface area (Å²) in [5.74, 6) is -1.02. The molecule has 21 heavy (non-hydrogen) atoms. The molecule has 0 radical (unpaired) electrons. The summed E-state index contributed by atoms with van der Waals surface area (Å²) in [7, 11) is 0. The van der Waals surface area contributed by atoms with Gasteiger partial charge in [-0.1, -0.05) is 35.9 Å². The third kappa shape index (κ3) is 2.65. The summed E-state index contributed by atoms with van der Waals surface area (Å²) in [6.07, 6.45) is 3.73. The lowest BCUT2D eigenvalue weighted by molar-refractivity contribution is -0.137. The molecule has 0 aliphatic heterocycles. The second-order valence-electron chi connectivity index (χ2n) is 5.17. The topological polar surface area (TPSA) is 54.6 Å². The summed E-state index contributed by atoms with van der Waals surface area (Å²) in [5.41, 5.74) is 3.88. The van der Waals surface area contributed by atoms with Crippen molar-refractivity contribution in [1.29, 1.82) is 0 Å². The molecule has 3 rings (SSSR count). The second kappa shape index (κ2) is 5.40. The van der Waals surface area contributed by atoms with Crippen LogP contribution in [-0.4, -0.2) is 20.5 Å². The van der Waals surface area contributed by atoms with Crippen molar-refractivity contribution < 1.29 is 9.90 Å². The number of aryl methyl sites for hydroxylation is 1. The molecule has 4 heteroatoms. The first kappa shape index (κ1) is 13.4. The Hall–Kier alpha value is -2.62. The maximum Gasteiger partial charge on any atom is 0.304 e. The van der Waals surface area contributed by atoms with E-state index in [4.69, 9.17) is 0 Å². The van der Waals surface area contributed by atoms with E-state index in [2.05, 4.69) is 4.98 Å². The summed E-state index contributed by atoms with van der Waals surface area (Å²) in [6.45, 7) is 2.02. The van der Waals surface area contributed by atoms with Crippen molar-refractivity contribution >= 4 is 11.6 Å². The van der Waals surface area contributed by atoms with Gasteiger partial charge in [-0.15, -0.1) is 0 Å². The van der Waals surface area contributed by atoms with Crippen LogP contribution < -0.4 is 0 Å². The van der Waals surface area contributed by atoms with Crippen LogP contribution in [0.1, 0.15) is 29.2 Å². The number of aromatic nitrogens is 2. The molecule has 0 saturated heterocycles. The fourth-order valence-electron chi connectivity index (χ4n) is 2.58. The van der Waals surface area contributed by atoms with Crippen LogP contribution in [0.15, 0.2) is 54.9 Å². The van der Waals surface area contributed by atoms with Crippen LogP contribution in [0.4, 0.5) is 0 Å². The first-order chi connectivity index (χ1) is 10.1. The van der Waals surface area contributed by atoms with Gasteiger partial charge in [-0.3, -0.25) is 4.79 Å². The Morgan fingerprint density at radius 2 is 2.00 bits per heavy atom. The van der Waals surface area contributed by atoms with Gasteiger partial charge in [0.1, 0.15) is 5.65 Å². The Kier molecular flexibility index (Phi) is 3.44. The SMILES string of the molecule is Cc1ccc([C@@H](CC(=O)O)c2cnc3ccccn23)cc1. The lowest BCUT2D eigenvalue weighted by atomic mass is 9.92. The number of carbonyl (C=O) groups is 1. The number of fused-ring (bicyclic) bond motifs is 1. The van der Waals surface area contributed by atoms with Crippen LogP contribution >= 0.6 is 0 Å². The van der Waals surface area contributed by atoms with Crippen LogP contribution in [0.3, 0.4) is 0 Å². The molecule has 3 aromatic rings. The number of nitrogens with zero attached hydrogens (tertiary/aromatic N) is 2. The minimum absolute atomic E-state index is 0.0474. The molecule has 0 bridgehead atoms. The highest BCUT2D eigenvalue weighted by atomic mass is 16.4. The number of benzene rings is 1. The van der Waals surface area contributed by atoms with E-state index < -0.39 is 5.97 Å². The number of rotatable bonds is 4. The van der Waals surface area contributed by atoms with E-state index in [9.17, 15) is 9.90 Å². The lowest BCUT2D eigenvalue weighted by Gasteiger charge is -2.15. The molecule has 0 saturated carbocycles. The quantitative estimate of drug-likeness (QED) is 0.798.